The number of alkyl carbamates (subject to hydrolysis) is 1. The molecule has 0 unspecified atom stereocenters. The molecule has 0 saturated carbocycles. The zero-order chi connectivity index (χ0) is 15.7. The molecule has 1 aliphatic heterocycles. The Balaban J connectivity index is 1.72. The molecule has 1 aromatic heterocycles. The average molecular weight is 301 g/mol. The summed E-state index contributed by atoms with van der Waals surface area (Å²) in [5, 5.41) is 2.75. The Morgan fingerprint density at radius 2 is 2.27 bits per heavy atom. The van der Waals surface area contributed by atoms with Crippen LogP contribution in [-0.2, 0) is 17.9 Å². The van der Waals surface area contributed by atoms with Gasteiger partial charge in [-0.1, -0.05) is 6.07 Å². The van der Waals surface area contributed by atoms with Crippen LogP contribution in [0.15, 0.2) is 30.6 Å². The number of carbonyl (C=O) groups excluding carboxylic acids is 1. The molecule has 2 heterocycles. The van der Waals surface area contributed by atoms with Crippen molar-refractivity contribution in [3.05, 3.63) is 42.0 Å². The summed E-state index contributed by atoms with van der Waals surface area (Å²) in [6.07, 6.45) is 3.23. The summed E-state index contributed by atoms with van der Waals surface area (Å²) in [6.45, 7) is 6.37. The Labute approximate surface area is 129 Å². The van der Waals surface area contributed by atoms with Crippen molar-refractivity contribution >= 4 is 6.09 Å². The highest BCUT2D eigenvalue weighted by molar-refractivity contribution is 5.67. The predicted molar refractivity (Wildman–Crippen MR) is 81.0 cm³/mol. The second kappa shape index (κ2) is 5.36. The van der Waals surface area contributed by atoms with Gasteiger partial charge in [-0.25, -0.2) is 9.78 Å². The smallest absolute Gasteiger partial charge is 0.407 e. The van der Waals surface area contributed by atoms with Crippen molar-refractivity contribution in [3.8, 4) is 11.4 Å². The molecule has 1 aliphatic rings. The van der Waals surface area contributed by atoms with Crippen LogP contribution in [0.3, 0.4) is 0 Å². The molecular weight excluding hydrogens is 282 g/mol. The fourth-order valence-electron chi connectivity index (χ4n) is 2.27. The van der Waals surface area contributed by atoms with Gasteiger partial charge in [-0.05, 0) is 38.5 Å². The van der Waals surface area contributed by atoms with Crippen LogP contribution in [0.4, 0.5) is 4.79 Å². The molecule has 22 heavy (non-hydrogen) atoms. The van der Waals surface area contributed by atoms with Gasteiger partial charge >= 0.3 is 6.09 Å². The van der Waals surface area contributed by atoms with E-state index in [2.05, 4.69) is 10.3 Å². The van der Waals surface area contributed by atoms with Gasteiger partial charge in [-0.15, -0.1) is 0 Å². The van der Waals surface area contributed by atoms with Crippen molar-refractivity contribution in [3.63, 3.8) is 0 Å². The molecule has 0 aliphatic carbocycles. The summed E-state index contributed by atoms with van der Waals surface area (Å²) >= 11 is 0. The lowest BCUT2D eigenvalue weighted by atomic mass is 10.1. The van der Waals surface area contributed by atoms with Crippen LogP contribution in [0, 0.1) is 0 Å². The van der Waals surface area contributed by atoms with Crippen LogP contribution in [0.1, 0.15) is 32.2 Å². The molecule has 1 N–H and O–H groups in total. The number of benzene rings is 1. The van der Waals surface area contributed by atoms with E-state index in [1.54, 1.807) is 6.20 Å². The van der Waals surface area contributed by atoms with Gasteiger partial charge in [-0.2, -0.15) is 0 Å². The molecule has 0 bridgehead atoms. The number of rotatable bonds is 2. The van der Waals surface area contributed by atoms with Gasteiger partial charge in [-0.3, -0.25) is 4.57 Å². The minimum atomic E-state index is -0.501. The first-order chi connectivity index (χ1) is 10.4. The van der Waals surface area contributed by atoms with Crippen molar-refractivity contribution < 1.29 is 14.3 Å². The number of imidazole rings is 1. The van der Waals surface area contributed by atoms with E-state index in [1.807, 2.05) is 49.7 Å². The third-order valence-electron chi connectivity index (χ3n) is 3.19. The Morgan fingerprint density at radius 3 is 3.05 bits per heavy atom. The number of hydrogen-bond acceptors (Lipinski definition) is 4. The number of carbonyl (C=O) groups is 1. The molecular formula is C16H19N3O3. The van der Waals surface area contributed by atoms with Crippen molar-refractivity contribution in [2.24, 2.45) is 0 Å². The minimum absolute atomic E-state index is 0.395. The van der Waals surface area contributed by atoms with Gasteiger partial charge in [0.05, 0.1) is 5.69 Å². The first kappa shape index (κ1) is 14.4. The Bertz CT molecular complexity index is 701. The Hall–Kier alpha value is -2.50. The van der Waals surface area contributed by atoms with E-state index < -0.39 is 11.7 Å². The van der Waals surface area contributed by atoms with Crippen LogP contribution < -0.4 is 10.1 Å². The van der Waals surface area contributed by atoms with Gasteiger partial charge in [0.15, 0.2) is 5.82 Å². The van der Waals surface area contributed by atoms with Crippen molar-refractivity contribution in [1.82, 2.24) is 14.9 Å². The predicted octanol–water partition coefficient (Wildman–Crippen LogP) is 2.79. The second-order valence-corrected chi connectivity index (χ2v) is 6.16. The highest BCUT2D eigenvalue weighted by Crippen LogP contribution is 2.29. The first-order valence-corrected chi connectivity index (χ1v) is 7.17. The van der Waals surface area contributed by atoms with E-state index in [-0.39, 0.29) is 0 Å². The quantitative estimate of drug-likeness (QED) is 0.926. The SMILES string of the molecule is CC(C)(C)OC(=O)NCc1ccc2c(c1)-n1ccnc1CO2. The zero-order valence-electron chi connectivity index (χ0n) is 12.9. The minimum Gasteiger partial charge on any atom is -0.483 e. The van der Waals surface area contributed by atoms with Crippen molar-refractivity contribution in [2.45, 2.75) is 39.5 Å². The maximum absolute atomic E-state index is 11.7. The molecule has 0 spiro atoms. The molecule has 2 aromatic rings. The Morgan fingerprint density at radius 1 is 1.45 bits per heavy atom. The summed E-state index contributed by atoms with van der Waals surface area (Å²) in [7, 11) is 0. The van der Waals surface area contributed by atoms with Crippen LogP contribution in [0.5, 0.6) is 5.75 Å². The van der Waals surface area contributed by atoms with Gasteiger partial charge in [0, 0.05) is 18.9 Å². The first-order valence-electron chi connectivity index (χ1n) is 7.17. The molecule has 3 rings (SSSR count). The molecule has 6 heteroatoms. The van der Waals surface area contributed by atoms with E-state index in [9.17, 15) is 4.79 Å². The van der Waals surface area contributed by atoms with E-state index in [1.165, 1.54) is 0 Å². The van der Waals surface area contributed by atoms with Gasteiger partial charge in [0.2, 0.25) is 0 Å². The fraction of sp³-hybridized carbons (Fsp3) is 0.375. The number of aromatic nitrogens is 2. The van der Waals surface area contributed by atoms with Gasteiger partial charge < -0.3 is 14.8 Å². The molecule has 0 saturated heterocycles. The van der Waals surface area contributed by atoms with Crippen LogP contribution in [-0.4, -0.2) is 21.2 Å². The Kier molecular flexibility index (Phi) is 3.52. The summed E-state index contributed by atoms with van der Waals surface area (Å²) in [5.41, 5.74) is 1.40. The molecule has 0 radical (unpaired) electrons. The average Bonchev–Trinajstić information content (AvgIpc) is 2.92. The molecule has 0 atom stereocenters. The van der Waals surface area contributed by atoms with Crippen LogP contribution in [0.2, 0.25) is 0 Å². The van der Waals surface area contributed by atoms with E-state index in [0.717, 1.165) is 22.8 Å². The van der Waals surface area contributed by atoms with Crippen molar-refractivity contribution in [2.75, 3.05) is 0 Å². The summed E-state index contributed by atoms with van der Waals surface area (Å²) in [4.78, 5) is 16.0. The second-order valence-electron chi connectivity index (χ2n) is 6.16. The third kappa shape index (κ3) is 3.05. The lowest BCUT2D eigenvalue weighted by Crippen LogP contribution is -2.32. The number of nitrogens with zero attached hydrogens (tertiary/aromatic N) is 2. The van der Waals surface area contributed by atoms with E-state index in [4.69, 9.17) is 9.47 Å². The fourth-order valence-corrected chi connectivity index (χ4v) is 2.27. The molecule has 1 aromatic carbocycles. The summed E-state index contributed by atoms with van der Waals surface area (Å²) in [5.74, 6) is 1.68. The van der Waals surface area contributed by atoms with Crippen LogP contribution >= 0.6 is 0 Å². The number of hydrogen-bond donors (Lipinski definition) is 1. The number of ether oxygens (including phenoxy) is 2. The monoisotopic (exact) mass is 301 g/mol. The maximum Gasteiger partial charge on any atom is 0.407 e. The van der Waals surface area contributed by atoms with Crippen molar-refractivity contribution in [1.29, 1.82) is 0 Å². The van der Waals surface area contributed by atoms with Crippen LogP contribution in [0.25, 0.3) is 5.69 Å². The standard InChI is InChI=1S/C16H19N3O3/c1-16(2,3)22-15(20)18-9-11-4-5-13-12(8-11)19-7-6-17-14(19)10-21-13/h4-8H,9-10H2,1-3H3,(H,18,20). The largest absolute Gasteiger partial charge is 0.483 e. The normalized spacial score (nSPS) is 12.9. The molecule has 1 amide bonds. The molecule has 6 nitrogen and oxygen atoms in total. The van der Waals surface area contributed by atoms with Gasteiger partial charge in [0.1, 0.15) is 18.0 Å². The topological polar surface area (TPSA) is 65.4 Å². The van der Waals surface area contributed by atoms with Gasteiger partial charge in [0.25, 0.3) is 0 Å². The summed E-state index contributed by atoms with van der Waals surface area (Å²) in [6, 6.07) is 5.82. The third-order valence-corrected chi connectivity index (χ3v) is 3.19. The van der Waals surface area contributed by atoms with E-state index in [0.29, 0.717) is 13.2 Å². The molecule has 116 valence electrons. The number of amides is 1. The zero-order valence-corrected chi connectivity index (χ0v) is 12.9. The number of nitrogens with one attached hydrogen (secondary N) is 1. The maximum atomic E-state index is 11.7. The highest BCUT2D eigenvalue weighted by atomic mass is 16.6. The highest BCUT2D eigenvalue weighted by Gasteiger charge is 2.18. The number of fused-ring (bicyclic) bond motifs is 3. The molecule has 0 fully saturated rings. The lowest BCUT2D eigenvalue weighted by molar-refractivity contribution is 0.0523. The summed E-state index contributed by atoms with van der Waals surface area (Å²) < 4.78 is 12.9. The van der Waals surface area contributed by atoms with E-state index >= 15 is 0 Å². The lowest BCUT2D eigenvalue weighted by Gasteiger charge is -2.21.